The first kappa shape index (κ1) is 12.6. The summed E-state index contributed by atoms with van der Waals surface area (Å²) in [5, 5.41) is 4.49. The van der Waals surface area contributed by atoms with E-state index in [1.54, 1.807) is 0 Å². The molecule has 0 atom stereocenters. The highest BCUT2D eigenvalue weighted by atomic mass is 32.2. The highest BCUT2D eigenvalue weighted by Gasteiger charge is 2.20. The molecule has 3 N–H and O–H groups in total. The molecule has 0 radical (unpaired) electrons. The Bertz CT molecular complexity index is 350. The summed E-state index contributed by atoms with van der Waals surface area (Å²) >= 11 is 2.01. The van der Waals surface area contributed by atoms with Gasteiger partial charge in [0.25, 0.3) is 0 Å². The molecular formula is C14H22N2S. The molecule has 1 saturated carbocycles. The monoisotopic (exact) mass is 250 g/mol. The smallest absolute Gasteiger partial charge is 0.0605 e. The van der Waals surface area contributed by atoms with E-state index < -0.39 is 0 Å². The molecule has 0 heterocycles. The van der Waals surface area contributed by atoms with Gasteiger partial charge in [0.05, 0.1) is 11.4 Å². The Hall–Kier alpha value is -0.830. The van der Waals surface area contributed by atoms with Gasteiger partial charge in [-0.25, -0.2) is 0 Å². The average molecular weight is 250 g/mol. The van der Waals surface area contributed by atoms with Crippen molar-refractivity contribution in [3.63, 3.8) is 0 Å². The van der Waals surface area contributed by atoms with E-state index in [9.17, 15) is 0 Å². The maximum Gasteiger partial charge on any atom is 0.0605 e. The Balaban J connectivity index is 1.98. The number of nitrogens with one attached hydrogen (secondary N) is 1. The summed E-state index contributed by atoms with van der Waals surface area (Å²) < 4.78 is 0. The third kappa shape index (κ3) is 3.09. The lowest BCUT2D eigenvalue weighted by Crippen LogP contribution is -2.27. The van der Waals surface area contributed by atoms with Crippen LogP contribution >= 0.6 is 11.8 Å². The molecule has 3 heteroatoms. The molecule has 0 bridgehead atoms. The van der Waals surface area contributed by atoms with Gasteiger partial charge in [-0.1, -0.05) is 12.1 Å². The van der Waals surface area contributed by atoms with Crippen molar-refractivity contribution >= 4 is 23.1 Å². The number of para-hydroxylation sites is 1. The van der Waals surface area contributed by atoms with Crippen molar-refractivity contribution in [3.8, 4) is 0 Å². The van der Waals surface area contributed by atoms with E-state index >= 15 is 0 Å². The molecular weight excluding hydrogens is 228 g/mol. The van der Waals surface area contributed by atoms with Crippen molar-refractivity contribution in [1.82, 2.24) is 0 Å². The Labute approximate surface area is 108 Å². The third-order valence-corrected chi connectivity index (χ3v) is 4.80. The van der Waals surface area contributed by atoms with Crippen molar-refractivity contribution in [2.45, 2.75) is 43.9 Å². The van der Waals surface area contributed by atoms with Crippen molar-refractivity contribution in [2.24, 2.45) is 0 Å². The number of thioether (sulfide) groups is 1. The first-order valence-corrected chi connectivity index (χ1v) is 7.64. The molecule has 17 heavy (non-hydrogen) atoms. The molecule has 1 aromatic rings. The van der Waals surface area contributed by atoms with Gasteiger partial charge in [-0.15, -0.1) is 0 Å². The van der Waals surface area contributed by atoms with Crippen LogP contribution in [0.4, 0.5) is 11.4 Å². The predicted octanol–water partition coefficient (Wildman–Crippen LogP) is 3.66. The normalized spacial score (nSPS) is 24.6. The van der Waals surface area contributed by atoms with Gasteiger partial charge in [-0.05, 0) is 50.5 Å². The van der Waals surface area contributed by atoms with Crippen LogP contribution in [0.5, 0.6) is 0 Å². The Kier molecular flexibility index (Phi) is 4.21. The number of hydrogen-bond donors (Lipinski definition) is 2. The van der Waals surface area contributed by atoms with Crippen molar-refractivity contribution in [3.05, 3.63) is 23.8 Å². The van der Waals surface area contributed by atoms with Crippen LogP contribution in [0, 0.1) is 6.92 Å². The summed E-state index contributed by atoms with van der Waals surface area (Å²) in [6, 6.07) is 6.71. The zero-order chi connectivity index (χ0) is 12.3. The molecule has 0 spiro atoms. The van der Waals surface area contributed by atoms with E-state index in [4.69, 9.17) is 5.73 Å². The standard InChI is InChI=1S/C14H22N2S/c1-10-4-3-5-13(15)14(10)16-11-6-8-12(17-2)9-7-11/h3-5,11-12,16H,6-9,15H2,1-2H3. The lowest BCUT2D eigenvalue weighted by atomic mass is 9.94. The summed E-state index contributed by atoms with van der Waals surface area (Å²) in [5.74, 6) is 0. The summed E-state index contributed by atoms with van der Waals surface area (Å²) in [4.78, 5) is 0. The summed E-state index contributed by atoms with van der Waals surface area (Å²) in [5.41, 5.74) is 9.28. The van der Waals surface area contributed by atoms with Crippen LogP contribution in [0.25, 0.3) is 0 Å². The summed E-state index contributed by atoms with van der Waals surface area (Å²) in [7, 11) is 0. The van der Waals surface area contributed by atoms with Gasteiger partial charge < -0.3 is 11.1 Å². The second-order valence-corrected chi connectivity index (χ2v) is 6.03. The number of anilines is 2. The molecule has 0 amide bonds. The molecule has 2 rings (SSSR count). The third-order valence-electron chi connectivity index (χ3n) is 3.66. The van der Waals surface area contributed by atoms with E-state index in [2.05, 4.69) is 24.6 Å². The maximum absolute atomic E-state index is 6.03. The molecule has 0 unspecified atom stereocenters. The summed E-state index contributed by atoms with van der Waals surface area (Å²) in [6.45, 7) is 2.12. The quantitative estimate of drug-likeness (QED) is 0.804. The number of aryl methyl sites for hydroxylation is 1. The van der Waals surface area contributed by atoms with Gasteiger partial charge in [0.2, 0.25) is 0 Å². The van der Waals surface area contributed by atoms with Gasteiger partial charge in [-0.2, -0.15) is 11.8 Å². The number of nitrogen functional groups attached to an aromatic ring is 1. The second kappa shape index (κ2) is 5.67. The summed E-state index contributed by atoms with van der Waals surface area (Å²) in [6.07, 6.45) is 7.39. The van der Waals surface area contributed by atoms with Crippen LogP contribution in [0.3, 0.4) is 0 Å². The maximum atomic E-state index is 6.03. The molecule has 1 aliphatic carbocycles. The van der Waals surface area contributed by atoms with Crippen LogP contribution in [-0.4, -0.2) is 17.5 Å². The van der Waals surface area contributed by atoms with Gasteiger partial charge in [0.1, 0.15) is 0 Å². The first-order valence-electron chi connectivity index (χ1n) is 6.35. The average Bonchev–Trinajstić information content (AvgIpc) is 2.35. The van der Waals surface area contributed by atoms with E-state index in [1.165, 1.54) is 31.2 Å². The minimum Gasteiger partial charge on any atom is -0.397 e. The highest BCUT2D eigenvalue weighted by Crippen LogP contribution is 2.31. The fraction of sp³-hybridized carbons (Fsp3) is 0.571. The fourth-order valence-electron chi connectivity index (χ4n) is 2.53. The topological polar surface area (TPSA) is 38.0 Å². The van der Waals surface area contributed by atoms with Crippen molar-refractivity contribution in [1.29, 1.82) is 0 Å². The number of benzene rings is 1. The zero-order valence-corrected chi connectivity index (χ0v) is 11.5. The van der Waals surface area contributed by atoms with Gasteiger partial charge in [-0.3, -0.25) is 0 Å². The molecule has 1 aliphatic rings. The van der Waals surface area contributed by atoms with Crippen LogP contribution < -0.4 is 11.1 Å². The molecule has 0 saturated heterocycles. The van der Waals surface area contributed by atoms with E-state index in [0.29, 0.717) is 6.04 Å². The minimum absolute atomic E-state index is 0.599. The highest BCUT2D eigenvalue weighted by molar-refractivity contribution is 7.99. The fourth-order valence-corrected chi connectivity index (χ4v) is 3.28. The van der Waals surface area contributed by atoms with Gasteiger partial charge in [0, 0.05) is 11.3 Å². The van der Waals surface area contributed by atoms with Crippen molar-refractivity contribution < 1.29 is 0 Å². The van der Waals surface area contributed by atoms with Crippen LogP contribution in [0.2, 0.25) is 0 Å². The number of rotatable bonds is 3. The molecule has 1 fully saturated rings. The number of nitrogens with two attached hydrogens (primary N) is 1. The lowest BCUT2D eigenvalue weighted by Gasteiger charge is -2.29. The first-order chi connectivity index (χ1) is 8.20. The van der Waals surface area contributed by atoms with Gasteiger partial charge in [0.15, 0.2) is 0 Å². The van der Waals surface area contributed by atoms with E-state index in [1.807, 2.05) is 23.9 Å². The molecule has 0 aromatic heterocycles. The minimum atomic E-state index is 0.599. The van der Waals surface area contributed by atoms with E-state index in [-0.39, 0.29) is 0 Å². The SMILES string of the molecule is CSC1CCC(Nc2c(C)cccc2N)CC1. The lowest BCUT2D eigenvalue weighted by molar-refractivity contribution is 0.473. The van der Waals surface area contributed by atoms with E-state index in [0.717, 1.165) is 16.6 Å². The molecule has 1 aromatic carbocycles. The van der Waals surface area contributed by atoms with Crippen LogP contribution in [-0.2, 0) is 0 Å². The molecule has 2 nitrogen and oxygen atoms in total. The van der Waals surface area contributed by atoms with Crippen LogP contribution in [0.1, 0.15) is 31.2 Å². The Morgan fingerprint density at radius 2 is 1.94 bits per heavy atom. The Morgan fingerprint density at radius 1 is 1.24 bits per heavy atom. The molecule has 94 valence electrons. The number of hydrogen-bond acceptors (Lipinski definition) is 3. The Morgan fingerprint density at radius 3 is 2.53 bits per heavy atom. The van der Waals surface area contributed by atoms with Gasteiger partial charge >= 0.3 is 0 Å². The second-order valence-electron chi connectivity index (χ2n) is 4.89. The largest absolute Gasteiger partial charge is 0.397 e. The zero-order valence-electron chi connectivity index (χ0n) is 10.7. The predicted molar refractivity (Wildman–Crippen MR) is 78.8 cm³/mol. The van der Waals surface area contributed by atoms with Crippen LogP contribution in [0.15, 0.2) is 18.2 Å². The molecule has 0 aliphatic heterocycles. The van der Waals surface area contributed by atoms with Crippen molar-refractivity contribution in [2.75, 3.05) is 17.3 Å².